The van der Waals surface area contributed by atoms with Crippen LogP contribution < -0.4 is 0 Å². The molecule has 1 N–H and O–H groups in total. The number of benzene rings is 1. The van der Waals surface area contributed by atoms with Gasteiger partial charge in [-0.15, -0.1) is 0 Å². The molecule has 0 radical (unpaired) electrons. The number of halogens is 1. The van der Waals surface area contributed by atoms with Gasteiger partial charge in [-0.2, -0.15) is 5.06 Å². The van der Waals surface area contributed by atoms with Gasteiger partial charge in [0.2, 0.25) is 0 Å². The van der Waals surface area contributed by atoms with Crippen LogP contribution in [0.3, 0.4) is 0 Å². The Morgan fingerprint density at radius 3 is 2.72 bits per heavy atom. The summed E-state index contributed by atoms with van der Waals surface area (Å²) in [4.78, 5) is 13.6. The molecule has 2 rings (SSSR count). The van der Waals surface area contributed by atoms with Gasteiger partial charge in [0, 0.05) is 25.7 Å². The Labute approximate surface area is 106 Å². The molecule has 0 unspecified atom stereocenters. The third-order valence-electron chi connectivity index (χ3n) is 3.27. The number of hydrogen-bond acceptors (Lipinski definition) is 3. The minimum atomic E-state index is -0.355. The molecule has 5 heteroatoms. The maximum absolute atomic E-state index is 12.8. The molecular formula is C13H17FN2O2. The molecule has 0 spiro atoms. The van der Waals surface area contributed by atoms with Crippen molar-refractivity contribution in [2.75, 3.05) is 20.1 Å². The van der Waals surface area contributed by atoms with E-state index in [0.717, 1.165) is 12.8 Å². The van der Waals surface area contributed by atoms with Gasteiger partial charge in [0.1, 0.15) is 5.82 Å². The first-order chi connectivity index (χ1) is 8.58. The molecule has 1 fully saturated rings. The fourth-order valence-corrected chi connectivity index (χ4v) is 2.22. The normalized spacial score (nSPS) is 20.1. The third kappa shape index (κ3) is 2.86. The fraction of sp³-hybridized carbons (Fsp3) is 0.462. The van der Waals surface area contributed by atoms with E-state index in [4.69, 9.17) is 0 Å². The molecule has 0 aliphatic carbocycles. The molecule has 0 saturated carbocycles. The van der Waals surface area contributed by atoms with Gasteiger partial charge in [-0.1, -0.05) is 0 Å². The lowest BCUT2D eigenvalue weighted by molar-refractivity contribution is -0.105. The van der Waals surface area contributed by atoms with Crippen molar-refractivity contribution in [3.05, 3.63) is 35.6 Å². The maximum Gasteiger partial charge on any atom is 0.253 e. The smallest absolute Gasteiger partial charge is 0.253 e. The highest BCUT2D eigenvalue weighted by Crippen LogP contribution is 2.16. The van der Waals surface area contributed by atoms with Gasteiger partial charge in [-0.05, 0) is 37.1 Å². The Morgan fingerprint density at radius 2 is 2.17 bits per heavy atom. The summed E-state index contributed by atoms with van der Waals surface area (Å²) < 4.78 is 12.8. The van der Waals surface area contributed by atoms with Gasteiger partial charge >= 0.3 is 0 Å². The van der Waals surface area contributed by atoms with Gasteiger partial charge < -0.3 is 10.1 Å². The molecule has 1 amide bonds. The molecule has 1 heterocycles. The lowest BCUT2D eigenvalue weighted by Crippen LogP contribution is -2.39. The number of likely N-dealkylation sites (N-methyl/N-ethyl adjacent to an activating group) is 1. The second-order valence-corrected chi connectivity index (χ2v) is 4.65. The van der Waals surface area contributed by atoms with Crippen molar-refractivity contribution in [2.45, 2.75) is 18.9 Å². The van der Waals surface area contributed by atoms with Gasteiger partial charge in [0.15, 0.2) is 0 Å². The van der Waals surface area contributed by atoms with Gasteiger partial charge in [-0.3, -0.25) is 4.79 Å². The summed E-state index contributed by atoms with van der Waals surface area (Å²) in [6, 6.07) is 5.49. The van der Waals surface area contributed by atoms with Crippen molar-refractivity contribution >= 4 is 5.91 Å². The van der Waals surface area contributed by atoms with E-state index in [1.54, 1.807) is 11.9 Å². The van der Waals surface area contributed by atoms with E-state index in [2.05, 4.69) is 0 Å². The second kappa shape index (κ2) is 5.46. The first-order valence-corrected chi connectivity index (χ1v) is 6.04. The molecule has 1 aliphatic rings. The first kappa shape index (κ1) is 13.0. The van der Waals surface area contributed by atoms with Crippen LogP contribution in [0.5, 0.6) is 0 Å². The number of carbonyl (C=O) groups excluding carboxylic acids is 1. The van der Waals surface area contributed by atoms with Crippen molar-refractivity contribution in [3.8, 4) is 0 Å². The average Bonchev–Trinajstić information content (AvgIpc) is 2.75. The summed E-state index contributed by atoms with van der Waals surface area (Å²) in [5.41, 5.74) is 0.460. The van der Waals surface area contributed by atoms with Crippen molar-refractivity contribution in [1.82, 2.24) is 9.96 Å². The van der Waals surface area contributed by atoms with E-state index in [-0.39, 0.29) is 17.8 Å². The van der Waals surface area contributed by atoms with Crippen LogP contribution >= 0.6 is 0 Å². The summed E-state index contributed by atoms with van der Waals surface area (Å²) in [5.74, 6) is -0.512. The molecule has 98 valence electrons. The zero-order valence-corrected chi connectivity index (χ0v) is 10.3. The quantitative estimate of drug-likeness (QED) is 0.891. The van der Waals surface area contributed by atoms with Crippen LogP contribution in [0.4, 0.5) is 4.39 Å². The highest BCUT2D eigenvalue weighted by atomic mass is 19.1. The van der Waals surface area contributed by atoms with Crippen LogP contribution in [0.15, 0.2) is 24.3 Å². The van der Waals surface area contributed by atoms with E-state index in [1.165, 1.54) is 29.3 Å². The SMILES string of the molecule is CN(C[C@@H]1CCCN1O)C(=O)c1ccc(F)cc1. The number of nitrogens with zero attached hydrogens (tertiary/aromatic N) is 2. The average molecular weight is 252 g/mol. The molecule has 1 atom stereocenters. The first-order valence-electron chi connectivity index (χ1n) is 6.04. The van der Waals surface area contributed by atoms with Crippen LogP contribution in [0.1, 0.15) is 23.2 Å². The Hall–Kier alpha value is -1.46. The minimum absolute atomic E-state index is 0.000557. The summed E-state index contributed by atoms with van der Waals surface area (Å²) in [5, 5.41) is 10.9. The molecule has 18 heavy (non-hydrogen) atoms. The van der Waals surface area contributed by atoms with Crippen molar-refractivity contribution in [3.63, 3.8) is 0 Å². The number of hydroxylamine groups is 2. The Morgan fingerprint density at radius 1 is 1.50 bits per heavy atom. The number of rotatable bonds is 3. The van der Waals surface area contributed by atoms with E-state index in [1.807, 2.05) is 0 Å². The largest absolute Gasteiger partial charge is 0.340 e. The molecule has 1 saturated heterocycles. The molecule has 1 aliphatic heterocycles. The topological polar surface area (TPSA) is 43.8 Å². The second-order valence-electron chi connectivity index (χ2n) is 4.65. The van der Waals surface area contributed by atoms with Gasteiger partial charge in [-0.25, -0.2) is 4.39 Å². The standard InChI is InChI=1S/C13H17FN2O2/c1-15(9-12-3-2-8-16(12)18)13(17)10-4-6-11(14)7-5-10/h4-7,12,18H,2-3,8-9H2,1H3/t12-/m0/s1. The fourth-order valence-electron chi connectivity index (χ4n) is 2.22. The summed E-state index contributed by atoms with van der Waals surface area (Å²) in [6.45, 7) is 1.13. The molecule has 0 aromatic heterocycles. The van der Waals surface area contributed by atoms with Gasteiger partial charge in [0.25, 0.3) is 5.91 Å². The maximum atomic E-state index is 12.8. The van der Waals surface area contributed by atoms with E-state index < -0.39 is 0 Å². The minimum Gasteiger partial charge on any atom is -0.340 e. The Kier molecular flexibility index (Phi) is 3.93. The van der Waals surface area contributed by atoms with Crippen LogP contribution in [-0.2, 0) is 0 Å². The number of hydrogen-bond donors (Lipinski definition) is 1. The third-order valence-corrected chi connectivity index (χ3v) is 3.27. The monoisotopic (exact) mass is 252 g/mol. The van der Waals surface area contributed by atoms with Crippen molar-refractivity contribution in [2.24, 2.45) is 0 Å². The van der Waals surface area contributed by atoms with Crippen LogP contribution in [0.2, 0.25) is 0 Å². The van der Waals surface area contributed by atoms with Crippen LogP contribution in [0.25, 0.3) is 0 Å². The predicted octanol–water partition coefficient (Wildman–Crippen LogP) is 1.75. The predicted molar refractivity (Wildman–Crippen MR) is 64.9 cm³/mol. The number of amides is 1. The zero-order chi connectivity index (χ0) is 13.1. The Bertz CT molecular complexity index is 422. The molecule has 0 bridgehead atoms. The highest BCUT2D eigenvalue weighted by molar-refractivity contribution is 5.94. The van der Waals surface area contributed by atoms with Gasteiger partial charge in [0.05, 0.1) is 6.04 Å². The van der Waals surface area contributed by atoms with Crippen LogP contribution in [-0.4, -0.2) is 47.3 Å². The highest BCUT2D eigenvalue weighted by Gasteiger charge is 2.25. The van der Waals surface area contributed by atoms with E-state index in [0.29, 0.717) is 18.7 Å². The molecular weight excluding hydrogens is 235 g/mol. The lowest BCUT2D eigenvalue weighted by atomic mass is 10.1. The van der Waals surface area contributed by atoms with E-state index in [9.17, 15) is 14.4 Å². The van der Waals surface area contributed by atoms with Crippen molar-refractivity contribution < 1.29 is 14.4 Å². The zero-order valence-electron chi connectivity index (χ0n) is 10.3. The molecule has 4 nitrogen and oxygen atoms in total. The summed E-state index contributed by atoms with van der Waals surface area (Å²) in [6.07, 6.45) is 1.83. The summed E-state index contributed by atoms with van der Waals surface area (Å²) in [7, 11) is 1.69. The molecule has 1 aromatic carbocycles. The molecule has 1 aromatic rings. The van der Waals surface area contributed by atoms with Crippen LogP contribution in [0, 0.1) is 5.82 Å². The Balaban J connectivity index is 1.98. The summed E-state index contributed by atoms with van der Waals surface area (Å²) >= 11 is 0. The lowest BCUT2D eigenvalue weighted by Gasteiger charge is -2.24. The number of carbonyl (C=O) groups is 1. The van der Waals surface area contributed by atoms with Crippen molar-refractivity contribution in [1.29, 1.82) is 0 Å². The van der Waals surface area contributed by atoms with E-state index >= 15 is 0 Å².